The van der Waals surface area contributed by atoms with Gasteiger partial charge in [-0.1, -0.05) is 160 Å². The van der Waals surface area contributed by atoms with Gasteiger partial charge >= 0.3 is 39.1 Å². The topological polar surface area (TPSA) is 446 Å². The fourth-order valence-electron chi connectivity index (χ4n) is 10.2. The molecular weight excluding hydrogens is 1470 g/mol. The second-order valence-electron chi connectivity index (χ2n) is 24.4. The number of hydrogen-bond acceptors (Lipinski definition) is 24. The molecule has 41 heteroatoms. The number of nitrogens with zero attached hydrogens (tertiary/aromatic N) is 4. The Morgan fingerprint density at radius 2 is 0.500 bits per heavy atom. The zero-order valence-corrected chi connectivity index (χ0v) is 69.5. The van der Waals surface area contributed by atoms with Gasteiger partial charge in [-0.3, -0.25) is 49.9 Å². The van der Waals surface area contributed by atoms with Crippen LogP contribution in [0.4, 0.5) is 0 Å². The van der Waals surface area contributed by atoms with Crippen molar-refractivity contribution >= 4 is 62.6 Å². The van der Waals surface area contributed by atoms with Crippen molar-refractivity contribution in [3.63, 3.8) is 0 Å². The summed E-state index contributed by atoms with van der Waals surface area (Å²) in [4.78, 5) is 77.1. The van der Waals surface area contributed by atoms with E-state index in [1.807, 2.05) is 0 Å². The highest BCUT2D eigenvalue weighted by Crippen LogP contribution is 2.64. The van der Waals surface area contributed by atoms with Gasteiger partial charge in [-0.2, -0.15) is 4.31 Å². The molecule has 4 aliphatic heterocycles. The Balaban J connectivity index is -0.00000109. The van der Waals surface area contributed by atoms with E-state index in [1.54, 1.807) is 18.7 Å². The number of unbranched alkanes of at least 4 members (excludes halogenated alkanes) is 12. The van der Waals surface area contributed by atoms with Crippen LogP contribution in [0, 0.1) is 0 Å². The van der Waals surface area contributed by atoms with Gasteiger partial charge in [-0.05, 0) is 77.0 Å². The fourth-order valence-corrected chi connectivity index (χ4v) is 18.5. The number of nitrogens with one attached hydrogen (secondary N) is 1. The molecule has 100 heavy (non-hydrogen) atoms. The molecule has 602 valence electrons. The Labute approximate surface area is 599 Å². The molecule has 5 heterocycles. The predicted octanol–water partition coefficient (Wildman–Crippen LogP) is 14.5. The standard InChI is InChI=1S/3C16H36N.C3H4N2.4C2H6O7P2/c3*1-5-9-13-17(14-10-6-2,15-11-7-3)16-12-8-4;1-2-5-3-4-1;4*3-10(4,5)9-11(6)7-1-2-8-11/h3*5-16H2,1-4H3;1-3H,(H,4,5);4*1-2H2,(H2,3,4,5)/q3*+1;;;;;/p-3. The first kappa shape index (κ1) is 104. The third-order valence-electron chi connectivity index (χ3n) is 15.4. The normalized spacial score (nSPS) is 18.4. The highest BCUT2D eigenvalue weighted by atomic mass is 31.3. The summed E-state index contributed by atoms with van der Waals surface area (Å²) in [5.74, 6) is 0. The molecule has 0 radical (unpaired) electrons. The van der Waals surface area contributed by atoms with Crippen LogP contribution in [0.1, 0.15) is 237 Å². The summed E-state index contributed by atoms with van der Waals surface area (Å²) in [6.07, 6.45) is 38.3. The van der Waals surface area contributed by atoms with E-state index in [4.69, 9.17) is 24.5 Å². The molecule has 4 saturated heterocycles. The van der Waals surface area contributed by atoms with Crippen molar-refractivity contribution in [3.8, 4) is 0 Å². The van der Waals surface area contributed by atoms with Gasteiger partial charge in [0, 0.05) is 12.4 Å². The Morgan fingerprint density at radius 3 is 0.600 bits per heavy atom. The summed E-state index contributed by atoms with van der Waals surface area (Å²) in [6, 6.07) is 0. The van der Waals surface area contributed by atoms with Gasteiger partial charge in [0.1, 0.15) is 0 Å². The van der Waals surface area contributed by atoms with E-state index in [2.05, 4.69) is 146 Å². The number of aromatic nitrogens is 2. The van der Waals surface area contributed by atoms with E-state index in [9.17, 15) is 51.2 Å². The van der Waals surface area contributed by atoms with Crippen molar-refractivity contribution in [2.75, 3.05) is 131 Å². The number of rotatable bonds is 44. The average Bonchev–Trinajstić information content (AvgIpc) is 1.68. The van der Waals surface area contributed by atoms with Crippen molar-refractivity contribution in [1.82, 2.24) is 9.97 Å². The van der Waals surface area contributed by atoms with Gasteiger partial charge in [-0.25, -0.2) is 40.7 Å². The molecule has 1 aromatic rings. The molecular formula is C59H133N5O28P8. The number of H-pyrrole nitrogens is 1. The van der Waals surface area contributed by atoms with Crippen molar-refractivity contribution in [2.45, 2.75) is 237 Å². The number of hydrogen-bond donors (Lipinski definition) is 6. The summed E-state index contributed by atoms with van der Waals surface area (Å²) in [7, 11) is -35.9. The van der Waals surface area contributed by atoms with Crippen LogP contribution in [0.15, 0.2) is 18.7 Å². The van der Waals surface area contributed by atoms with Gasteiger partial charge in [0.2, 0.25) is 0 Å². The summed E-state index contributed by atoms with van der Waals surface area (Å²) in [6.45, 7) is 45.0. The zero-order chi connectivity index (χ0) is 76.6. The zero-order valence-electron chi connectivity index (χ0n) is 62.3. The lowest BCUT2D eigenvalue weighted by molar-refractivity contribution is -0.929. The molecule has 4 fully saturated rings. The number of imidazole rings is 1. The van der Waals surface area contributed by atoms with Crippen LogP contribution in [-0.4, -0.2) is 179 Å². The lowest BCUT2D eigenvalue weighted by atomic mass is 10.1. The maximum atomic E-state index is 10.9. The number of quaternary nitrogens is 3. The Morgan fingerprint density at radius 1 is 0.340 bits per heavy atom. The average molecular weight is 1610 g/mol. The predicted molar refractivity (Wildman–Crippen MR) is 381 cm³/mol. The van der Waals surface area contributed by atoms with Crippen LogP contribution in [-0.2, 0) is 90.0 Å². The van der Waals surface area contributed by atoms with Crippen molar-refractivity contribution in [3.05, 3.63) is 18.7 Å². The van der Waals surface area contributed by atoms with E-state index < -0.39 is 62.6 Å². The molecule has 33 nitrogen and oxygen atoms in total. The lowest BCUT2D eigenvalue weighted by Crippen LogP contribution is -2.50. The molecule has 0 bridgehead atoms. The first-order chi connectivity index (χ1) is 46.9. The van der Waals surface area contributed by atoms with Gasteiger partial charge in [-0.15, -0.1) is 0 Å². The molecule has 1 aromatic heterocycles. The van der Waals surface area contributed by atoms with Crippen molar-refractivity contribution in [2.24, 2.45) is 0 Å². The number of phosphoric ester groups is 4. The Bertz CT molecular complexity index is 2060. The van der Waals surface area contributed by atoms with Gasteiger partial charge < -0.3 is 57.6 Å². The van der Waals surface area contributed by atoms with E-state index in [0.717, 1.165) is 0 Å². The molecule has 3 unspecified atom stereocenters. The first-order valence-electron chi connectivity index (χ1n) is 35.9. The van der Waals surface area contributed by atoms with Crippen LogP contribution in [0.2, 0.25) is 0 Å². The van der Waals surface area contributed by atoms with Crippen LogP contribution in [0.5, 0.6) is 0 Å². The highest BCUT2D eigenvalue weighted by Gasteiger charge is 2.40. The molecule has 0 aliphatic carbocycles. The fraction of sp³-hybridized carbons (Fsp3) is 0.949. The van der Waals surface area contributed by atoms with Gasteiger partial charge in [0.25, 0.3) is 23.5 Å². The minimum absolute atomic E-state index is 0.0112. The van der Waals surface area contributed by atoms with E-state index in [0.29, 0.717) is 0 Å². The molecule has 3 atom stereocenters. The molecule has 0 amide bonds. The minimum Gasteiger partial charge on any atom is -0.756 e. The summed E-state index contributed by atoms with van der Waals surface area (Å²) >= 11 is 0. The largest absolute Gasteiger partial charge is 0.756 e. The van der Waals surface area contributed by atoms with Crippen LogP contribution < -0.4 is 14.7 Å². The molecule has 0 saturated carbocycles. The second-order valence-corrected chi connectivity index (χ2v) is 36.4. The van der Waals surface area contributed by atoms with Crippen LogP contribution in [0.25, 0.3) is 0 Å². The smallest absolute Gasteiger partial charge is 0.483 e. The molecule has 5 rings (SSSR count). The second kappa shape index (κ2) is 59.1. The highest BCUT2D eigenvalue weighted by molar-refractivity contribution is 7.62. The number of phosphoric acid groups is 8. The summed E-state index contributed by atoms with van der Waals surface area (Å²) in [5, 5.41) is 0. The third kappa shape index (κ3) is 59.1. The quantitative estimate of drug-likeness (QED) is 0.0261. The van der Waals surface area contributed by atoms with Crippen molar-refractivity contribution in [1.29, 1.82) is 0 Å². The lowest BCUT2D eigenvalue weighted by Gasteiger charge is -2.39. The molecule has 4 aliphatic rings. The van der Waals surface area contributed by atoms with E-state index in [1.165, 1.54) is 246 Å². The van der Waals surface area contributed by atoms with Gasteiger partial charge in [0.15, 0.2) is 0 Å². The van der Waals surface area contributed by atoms with Crippen LogP contribution >= 0.6 is 62.6 Å². The van der Waals surface area contributed by atoms with E-state index in [-0.39, 0.29) is 52.9 Å². The monoisotopic (exact) mass is 1610 g/mol. The molecule has 0 spiro atoms. The Hall–Kier alpha value is 0.130. The maximum Gasteiger partial charge on any atom is 0.483 e. The van der Waals surface area contributed by atoms with E-state index >= 15 is 0 Å². The molecule has 0 aromatic carbocycles. The molecule has 6 N–H and O–H groups in total. The van der Waals surface area contributed by atoms with Crippen LogP contribution in [0.3, 0.4) is 0 Å². The number of aromatic amines is 1. The van der Waals surface area contributed by atoms with Gasteiger partial charge in [0.05, 0.1) is 138 Å². The maximum absolute atomic E-state index is 10.9. The SMILES string of the molecule is CCCC[N+](CCCC)(CCCC)CCCC.CCCC[N+](CCCC)(CCCC)CCCC.CCCC[N+](CCCC)(CCCC)CCCC.O=P(O)(O)OP1(=O)OCCO1.O=P([O-])(O)OP1(=O)OCCO1.O=P([O-])(O)OP1(=O)OCCO1.O=P([O-])(O)OP1(=O)OCCO1.c1c[nH]cn1. The minimum atomic E-state index is -5.04. The summed E-state index contributed by atoms with van der Waals surface area (Å²) in [5.41, 5.74) is 0. The summed E-state index contributed by atoms with van der Waals surface area (Å²) < 4.78 is 137. The first-order valence-corrected chi connectivity index (χ1v) is 47.8. The van der Waals surface area contributed by atoms with Crippen molar-refractivity contribution < 1.29 is 143 Å². The Kier molecular flexibility index (Phi) is 61.6. The third-order valence-corrected chi connectivity index (χ3v) is 25.9.